The van der Waals surface area contributed by atoms with E-state index >= 15 is 0 Å². The number of aryl methyl sites for hydroxylation is 1. The average Bonchev–Trinajstić information content (AvgIpc) is 2.75. The second-order valence-corrected chi connectivity index (χ2v) is 9.16. The van der Waals surface area contributed by atoms with E-state index in [0.29, 0.717) is 24.1 Å². The number of anilines is 3. The fourth-order valence-corrected chi connectivity index (χ4v) is 3.46. The van der Waals surface area contributed by atoms with Gasteiger partial charge in [0.1, 0.15) is 11.6 Å². The Morgan fingerprint density at radius 3 is 2.59 bits per heavy atom. The molecule has 0 radical (unpaired) electrons. The summed E-state index contributed by atoms with van der Waals surface area (Å²) in [4.78, 5) is 19.6. The molecule has 10 heteroatoms. The highest BCUT2D eigenvalue weighted by atomic mass is 32.2. The predicted octanol–water partition coefficient (Wildman–Crippen LogP) is 3.40. The minimum Gasteiger partial charge on any atom is -0.493 e. The standard InChI is InChI=1S/C22H24N4O5S/c1-15-13-24-22(25-17-6-8-18(9-7-17)31-11-10-20(27)28)26-21(15)23-14-16-4-3-5-19(12-16)32(2,29)30/h3-9,12-13H,10-11,14H2,1-2H3,(H,27,28)(H2,23,24,25,26). The Labute approximate surface area is 186 Å². The third-order valence-corrected chi connectivity index (χ3v) is 5.56. The fourth-order valence-electron chi connectivity index (χ4n) is 2.77. The van der Waals surface area contributed by atoms with E-state index in [2.05, 4.69) is 20.6 Å². The Bertz CT molecular complexity index is 1200. The van der Waals surface area contributed by atoms with Gasteiger partial charge in [-0.05, 0) is 48.9 Å². The molecule has 0 amide bonds. The van der Waals surface area contributed by atoms with Crippen LogP contribution in [0.25, 0.3) is 0 Å². The summed E-state index contributed by atoms with van der Waals surface area (Å²) in [5, 5.41) is 15.0. The molecule has 0 spiro atoms. The van der Waals surface area contributed by atoms with Gasteiger partial charge in [-0.2, -0.15) is 4.98 Å². The number of rotatable bonds is 10. The summed E-state index contributed by atoms with van der Waals surface area (Å²) in [7, 11) is -3.27. The SMILES string of the molecule is Cc1cnc(Nc2ccc(OCCC(=O)O)cc2)nc1NCc1cccc(S(C)(=O)=O)c1. The zero-order valence-electron chi connectivity index (χ0n) is 17.7. The molecule has 3 N–H and O–H groups in total. The number of nitrogens with one attached hydrogen (secondary N) is 2. The lowest BCUT2D eigenvalue weighted by Crippen LogP contribution is -2.07. The molecule has 9 nitrogen and oxygen atoms in total. The summed E-state index contributed by atoms with van der Waals surface area (Å²) in [6, 6.07) is 13.8. The molecule has 32 heavy (non-hydrogen) atoms. The van der Waals surface area contributed by atoms with Crippen LogP contribution in [0.15, 0.2) is 59.6 Å². The van der Waals surface area contributed by atoms with Crippen molar-refractivity contribution >= 4 is 33.3 Å². The van der Waals surface area contributed by atoms with Crippen LogP contribution in [-0.4, -0.2) is 42.3 Å². The van der Waals surface area contributed by atoms with E-state index in [1.54, 1.807) is 48.7 Å². The van der Waals surface area contributed by atoms with E-state index in [1.807, 2.05) is 13.0 Å². The van der Waals surface area contributed by atoms with Gasteiger partial charge in [0.15, 0.2) is 9.84 Å². The monoisotopic (exact) mass is 456 g/mol. The molecular weight excluding hydrogens is 432 g/mol. The summed E-state index contributed by atoms with van der Waals surface area (Å²) >= 11 is 0. The van der Waals surface area contributed by atoms with Gasteiger partial charge in [-0.3, -0.25) is 4.79 Å². The summed E-state index contributed by atoms with van der Waals surface area (Å²) in [6.07, 6.45) is 2.81. The van der Waals surface area contributed by atoms with Crippen LogP contribution in [-0.2, 0) is 21.2 Å². The molecule has 3 aromatic rings. The molecule has 2 aromatic carbocycles. The van der Waals surface area contributed by atoms with Gasteiger partial charge in [0.2, 0.25) is 5.95 Å². The van der Waals surface area contributed by atoms with Gasteiger partial charge in [-0.15, -0.1) is 0 Å². The van der Waals surface area contributed by atoms with Gasteiger partial charge in [-0.25, -0.2) is 13.4 Å². The zero-order valence-corrected chi connectivity index (χ0v) is 18.5. The fraction of sp³-hybridized carbons (Fsp3) is 0.227. The first kappa shape index (κ1) is 23.0. The Hall–Kier alpha value is -3.66. The van der Waals surface area contributed by atoms with Crippen LogP contribution in [0.4, 0.5) is 17.5 Å². The summed E-state index contributed by atoms with van der Waals surface area (Å²) < 4.78 is 28.9. The van der Waals surface area contributed by atoms with Crippen molar-refractivity contribution in [2.75, 3.05) is 23.5 Å². The normalized spacial score (nSPS) is 11.1. The second kappa shape index (κ2) is 10.1. The number of benzene rings is 2. The Balaban J connectivity index is 1.64. The minimum atomic E-state index is -3.27. The van der Waals surface area contributed by atoms with Gasteiger partial charge in [0.05, 0.1) is 17.9 Å². The molecule has 1 heterocycles. The van der Waals surface area contributed by atoms with E-state index < -0.39 is 15.8 Å². The first-order valence-corrected chi connectivity index (χ1v) is 11.7. The molecule has 0 bridgehead atoms. The van der Waals surface area contributed by atoms with Crippen molar-refractivity contribution in [2.24, 2.45) is 0 Å². The number of hydrogen-bond acceptors (Lipinski definition) is 8. The highest BCUT2D eigenvalue weighted by Crippen LogP contribution is 2.21. The molecule has 0 aliphatic heterocycles. The number of nitrogens with zero attached hydrogens (tertiary/aromatic N) is 2. The van der Waals surface area contributed by atoms with Gasteiger partial charge in [0.25, 0.3) is 0 Å². The third-order valence-electron chi connectivity index (χ3n) is 4.45. The molecule has 0 aliphatic rings. The molecule has 1 aromatic heterocycles. The predicted molar refractivity (Wildman–Crippen MR) is 121 cm³/mol. The molecule has 0 fully saturated rings. The smallest absolute Gasteiger partial charge is 0.306 e. The zero-order chi connectivity index (χ0) is 23.1. The second-order valence-electron chi connectivity index (χ2n) is 7.14. The third kappa shape index (κ3) is 6.67. The van der Waals surface area contributed by atoms with Gasteiger partial charge >= 0.3 is 5.97 Å². The van der Waals surface area contributed by atoms with Crippen molar-refractivity contribution in [2.45, 2.75) is 24.8 Å². The van der Waals surface area contributed by atoms with Crippen LogP contribution in [0.1, 0.15) is 17.5 Å². The van der Waals surface area contributed by atoms with Crippen LogP contribution < -0.4 is 15.4 Å². The molecular formula is C22H24N4O5S. The number of carboxylic acids is 1. The van der Waals surface area contributed by atoms with E-state index in [1.165, 1.54) is 6.26 Å². The summed E-state index contributed by atoms with van der Waals surface area (Å²) in [6.45, 7) is 2.39. The van der Waals surface area contributed by atoms with E-state index in [-0.39, 0.29) is 17.9 Å². The number of sulfone groups is 1. The van der Waals surface area contributed by atoms with Crippen LogP contribution in [0.2, 0.25) is 0 Å². The topological polar surface area (TPSA) is 131 Å². The lowest BCUT2D eigenvalue weighted by molar-refractivity contribution is -0.137. The van der Waals surface area contributed by atoms with Crippen molar-refractivity contribution in [3.63, 3.8) is 0 Å². The maximum atomic E-state index is 11.8. The number of carbonyl (C=O) groups is 1. The molecule has 0 unspecified atom stereocenters. The highest BCUT2D eigenvalue weighted by Gasteiger charge is 2.09. The number of aliphatic carboxylic acids is 1. The van der Waals surface area contributed by atoms with Crippen LogP contribution in [0.5, 0.6) is 5.75 Å². The van der Waals surface area contributed by atoms with Gasteiger partial charge in [-0.1, -0.05) is 12.1 Å². The average molecular weight is 457 g/mol. The van der Waals surface area contributed by atoms with Gasteiger partial charge < -0.3 is 20.5 Å². The Morgan fingerprint density at radius 1 is 1.16 bits per heavy atom. The van der Waals surface area contributed by atoms with Crippen molar-refractivity contribution in [1.82, 2.24) is 9.97 Å². The van der Waals surface area contributed by atoms with Crippen molar-refractivity contribution in [3.05, 3.63) is 65.9 Å². The molecule has 3 rings (SSSR count). The first-order chi connectivity index (χ1) is 15.2. The molecule has 0 saturated heterocycles. The highest BCUT2D eigenvalue weighted by molar-refractivity contribution is 7.90. The maximum absolute atomic E-state index is 11.8. The van der Waals surface area contributed by atoms with E-state index in [9.17, 15) is 13.2 Å². The molecule has 0 atom stereocenters. The quantitative estimate of drug-likeness (QED) is 0.420. The van der Waals surface area contributed by atoms with Crippen LogP contribution >= 0.6 is 0 Å². The van der Waals surface area contributed by atoms with Crippen molar-refractivity contribution in [1.29, 1.82) is 0 Å². The van der Waals surface area contributed by atoms with E-state index in [4.69, 9.17) is 9.84 Å². The Kier molecular flexibility index (Phi) is 7.26. The molecule has 0 aliphatic carbocycles. The van der Waals surface area contributed by atoms with Crippen molar-refractivity contribution < 1.29 is 23.1 Å². The number of aromatic nitrogens is 2. The first-order valence-electron chi connectivity index (χ1n) is 9.79. The number of hydrogen-bond donors (Lipinski definition) is 3. The number of carboxylic acid groups (broad SMARTS) is 1. The van der Waals surface area contributed by atoms with Crippen molar-refractivity contribution in [3.8, 4) is 5.75 Å². The van der Waals surface area contributed by atoms with E-state index in [0.717, 1.165) is 16.8 Å². The minimum absolute atomic E-state index is 0.0640. The number of ether oxygens (including phenoxy) is 1. The summed E-state index contributed by atoms with van der Waals surface area (Å²) in [5.41, 5.74) is 2.40. The maximum Gasteiger partial charge on any atom is 0.306 e. The van der Waals surface area contributed by atoms with Gasteiger partial charge in [0, 0.05) is 30.2 Å². The van der Waals surface area contributed by atoms with Crippen LogP contribution in [0.3, 0.4) is 0 Å². The lowest BCUT2D eigenvalue weighted by atomic mass is 10.2. The molecule has 0 saturated carbocycles. The lowest BCUT2D eigenvalue weighted by Gasteiger charge is -2.12. The van der Waals surface area contributed by atoms with Crippen LogP contribution in [0, 0.1) is 6.92 Å². The Morgan fingerprint density at radius 2 is 1.91 bits per heavy atom. The summed E-state index contributed by atoms with van der Waals surface area (Å²) in [5.74, 6) is 0.677. The molecule has 168 valence electrons. The largest absolute Gasteiger partial charge is 0.493 e.